The summed E-state index contributed by atoms with van der Waals surface area (Å²) in [4.78, 5) is 22.7. The van der Waals surface area contributed by atoms with E-state index >= 15 is 0 Å². The van der Waals surface area contributed by atoms with Gasteiger partial charge in [-0.05, 0) is 18.4 Å². The average molecular weight is 278 g/mol. The highest BCUT2D eigenvalue weighted by atomic mass is 16.4. The van der Waals surface area contributed by atoms with Gasteiger partial charge in [-0.2, -0.15) is 0 Å². The first kappa shape index (κ1) is 16.2. The number of rotatable bonds is 8. The first-order valence-electron chi connectivity index (χ1n) is 6.87. The maximum Gasteiger partial charge on any atom is 0.303 e. The topological polar surface area (TPSA) is 92.4 Å². The number of amides is 1. The number of hydrogen-bond acceptors (Lipinski definition) is 3. The first-order chi connectivity index (χ1) is 9.54. The molecule has 0 aliphatic heterocycles. The average Bonchev–Trinajstić information content (AvgIpc) is 2.44. The van der Waals surface area contributed by atoms with E-state index in [9.17, 15) is 9.59 Å². The molecule has 110 valence electrons. The number of carbonyl (C=O) groups excluding carboxylic acids is 1. The molecule has 5 heteroatoms. The van der Waals surface area contributed by atoms with E-state index in [2.05, 4.69) is 5.32 Å². The van der Waals surface area contributed by atoms with Crippen molar-refractivity contribution in [3.8, 4) is 0 Å². The molecule has 0 aromatic heterocycles. The zero-order valence-electron chi connectivity index (χ0n) is 11.7. The van der Waals surface area contributed by atoms with Gasteiger partial charge in [0.05, 0.1) is 12.1 Å². The molecule has 1 amide bonds. The molecule has 0 saturated carbocycles. The van der Waals surface area contributed by atoms with Crippen molar-refractivity contribution in [2.45, 2.75) is 44.7 Å². The number of aliphatic carboxylic acids is 1. The van der Waals surface area contributed by atoms with Gasteiger partial charge < -0.3 is 16.2 Å². The molecule has 2 atom stereocenters. The van der Waals surface area contributed by atoms with E-state index < -0.39 is 12.0 Å². The maximum atomic E-state index is 12.0. The number of nitrogens with one attached hydrogen (secondary N) is 1. The van der Waals surface area contributed by atoms with E-state index in [1.165, 1.54) is 0 Å². The summed E-state index contributed by atoms with van der Waals surface area (Å²) in [7, 11) is 0. The minimum Gasteiger partial charge on any atom is -0.481 e. The van der Waals surface area contributed by atoms with E-state index in [1.807, 2.05) is 37.3 Å². The summed E-state index contributed by atoms with van der Waals surface area (Å²) >= 11 is 0. The van der Waals surface area contributed by atoms with Crippen molar-refractivity contribution in [1.29, 1.82) is 0 Å². The zero-order chi connectivity index (χ0) is 15.0. The highest BCUT2D eigenvalue weighted by Gasteiger charge is 2.19. The monoisotopic (exact) mass is 278 g/mol. The summed E-state index contributed by atoms with van der Waals surface area (Å²) in [5.74, 6) is -1.11. The van der Waals surface area contributed by atoms with Gasteiger partial charge in [0.1, 0.15) is 0 Å². The van der Waals surface area contributed by atoms with Crippen LogP contribution in [0.3, 0.4) is 0 Å². The van der Waals surface area contributed by atoms with E-state index in [1.54, 1.807) is 0 Å². The van der Waals surface area contributed by atoms with Crippen LogP contribution in [0.5, 0.6) is 0 Å². The first-order valence-corrected chi connectivity index (χ1v) is 6.87. The molecule has 20 heavy (non-hydrogen) atoms. The molecule has 1 aromatic rings. The van der Waals surface area contributed by atoms with Crippen molar-refractivity contribution in [1.82, 2.24) is 5.32 Å². The number of carboxylic acid groups (broad SMARTS) is 1. The van der Waals surface area contributed by atoms with E-state index in [0.717, 1.165) is 12.0 Å². The lowest BCUT2D eigenvalue weighted by Crippen LogP contribution is -2.42. The Bertz CT molecular complexity index is 434. The predicted molar refractivity (Wildman–Crippen MR) is 77.1 cm³/mol. The quantitative estimate of drug-likeness (QED) is 0.676. The van der Waals surface area contributed by atoms with Gasteiger partial charge in [-0.25, -0.2) is 0 Å². The van der Waals surface area contributed by atoms with E-state index in [0.29, 0.717) is 12.8 Å². The fraction of sp³-hybridized carbons (Fsp3) is 0.467. The molecule has 0 saturated heterocycles. The van der Waals surface area contributed by atoms with Crippen LogP contribution >= 0.6 is 0 Å². The Morgan fingerprint density at radius 2 is 1.90 bits per heavy atom. The highest BCUT2D eigenvalue weighted by molar-refractivity contribution is 5.81. The molecule has 0 aliphatic carbocycles. The Hall–Kier alpha value is -1.88. The van der Waals surface area contributed by atoms with Crippen LogP contribution in [0.15, 0.2) is 30.3 Å². The minimum atomic E-state index is -0.877. The Morgan fingerprint density at radius 3 is 2.45 bits per heavy atom. The van der Waals surface area contributed by atoms with E-state index in [-0.39, 0.29) is 18.4 Å². The van der Waals surface area contributed by atoms with Crippen LogP contribution in [0, 0.1) is 0 Å². The third-order valence-electron chi connectivity index (χ3n) is 3.10. The maximum absolute atomic E-state index is 12.0. The van der Waals surface area contributed by atoms with Crippen LogP contribution in [0.25, 0.3) is 0 Å². The van der Waals surface area contributed by atoms with Gasteiger partial charge >= 0.3 is 5.97 Å². The summed E-state index contributed by atoms with van der Waals surface area (Å²) in [6.07, 6.45) is 1.80. The molecule has 0 bridgehead atoms. The molecule has 1 unspecified atom stereocenters. The van der Waals surface area contributed by atoms with Crippen LogP contribution in [0.1, 0.15) is 44.2 Å². The number of benzene rings is 1. The summed E-state index contributed by atoms with van der Waals surface area (Å²) in [5.41, 5.74) is 6.68. The van der Waals surface area contributed by atoms with Gasteiger partial charge in [0.15, 0.2) is 0 Å². The van der Waals surface area contributed by atoms with Gasteiger partial charge in [-0.15, -0.1) is 0 Å². The Kier molecular flexibility index (Phi) is 6.73. The molecule has 0 radical (unpaired) electrons. The van der Waals surface area contributed by atoms with Crippen LogP contribution in [0.2, 0.25) is 0 Å². The Balaban J connectivity index is 2.72. The van der Waals surface area contributed by atoms with Gasteiger partial charge in [-0.3, -0.25) is 9.59 Å². The highest BCUT2D eigenvalue weighted by Crippen LogP contribution is 2.18. The third kappa shape index (κ3) is 5.40. The number of hydrogen-bond donors (Lipinski definition) is 3. The molecule has 1 rings (SSSR count). The summed E-state index contributed by atoms with van der Waals surface area (Å²) in [6.45, 7) is 1.96. The minimum absolute atomic E-state index is 0.00283. The molecule has 4 N–H and O–H groups in total. The third-order valence-corrected chi connectivity index (χ3v) is 3.10. The zero-order valence-corrected chi connectivity index (χ0v) is 11.7. The number of nitrogens with two attached hydrogens (primary N) is 1. The lowest BCUT2D eigenvalue weighted by Gasteiger charge is -2.21. The second-order valence-corrected chi connectivity index (χ2v) is 4.80. The molecule has 0 heterocycles. The van der Waals surface area contributed by atoms with Gasteiger partial charge in [-0.1, -0.05) is 43.7 Å². The van der Waals surface area contributed by atoms with Gasteiger partial charge in [0.2, 0.25) is 5.91 Å². The van der Waals surface area contributed by atoms with Gasteiger partial charge in [0, 0.05) is 6.42 Å². The molecular formula is C15H22N2O3. The normalized spacial score (nSPS) is 13.5. The fourth-order valence-electron chi connectivity index (χ4n) is 2.00. The van der Waals surface area contributed by atoms with Crippen molar-refractivity contribution in [2.24, 2.45) is 5.73 Å². The molecule has 1 aromatic carbocycles. The van der Waals surface area contributed by atoms with Crippen molar-refractivity contribution < 1.29 is 14.7 Å². The van der Waals surface area contributed by atoms with Crippen LogP contribution in [0.4, 0.5) is 0 Å². The fourth-order valence-corrected chi connectivity index (χ4v) is 2.00. The predicted octanol–water partition coefficient (Wildman–Crippen LogP) is 1.84. The lowest BCUT2D eigenvalue weighted by molar-refractivity contribution is -0.137. The lowest BCUT2D eigenvalue weighted by atomic mass is 10.0. The summed E-state index contributed by atoms with van der Waals surface area (Å²) in [6, 6.07) is 8.49. The van der Waals surface area contributed by atoms with Crippen molar-refractivity contribution in [2.75, 3.05) is 0 Å². The van der Waals surface area contributed by atoms with Crippen molar-refractivity contribution in [3.63, 3.8) is 0 Å². The van der Waals surface area contributed by atoms with Crippen molar-refractivity contribution >= 4 is 11.9 Å². The smallest absolute Gasteiger partial charge is 0.303 e. The second-order valence-electron chi connectivity index (χ2n) is 4.80. The second kappa shape index (κ2) is 8.32. The van der Waals surface area contributed by atoms with Crippen LogP contribution in [-0.2, 0) is 9.59 Å². The summed E-state index contributed by atoms with van der Waals surface area (Å²) < 4.78 is 0. The molecular weight excluding hydrogens is 256 g/mol. The molecule has 0 aliphatic rings. The van der Waals surface area contributed by atoms with Crippen LogP contribution in [-0.4, -0.2) is 23.0 Å². The SMILES string of the molecule is CCC[C@H](N)C(=O)NC(CCC(=O)O)c1ccccc1. The number of carbonyl (C=O) groups is 2. The Labute approximate surface area is 119 Å². The largest absolute Gasteiger partial charge is 0.481 e. The van der Waals surface area contributed by atoms with Gasteiger partial charge in [0.25, 0.3) is 0 Å². The van der Waals surface area contributed by atoms with E-state index in [4.69, 9.17) is 10.8 Å². The van der Waals surface area contributed by atoms with Crippen LogP contribution < -0.4 is 11.1 Å². The molecule has 0 fully saturated rings. The van der Waals surface area contributed by atoms with Crippen molar-refractivity contribution in [3.05, 3.63) is 35.9 Å². The Morgan fingerprint density at radius 1 is 1.25 bits per heavy atom. The number of carboxylic acids is 1. The molecule has 0 spiro atoms. The molecule has 5 nitrogen and oxygen atoms in total. The summed E-state index contributed by atoms with van der Waals surface area (Å²) in [5, 5.41) is 11.6. The standard InChI is InChI=1S/C15H22N2O3/c1-2-6-12(16)15(20)17-13(9-10-14(18)19)11-7-4-3-5-8-11/h3-5,7-8,12-13H,2,6,9-10,16H2,1H3,(H,17,20)(H,18,19)/t12-,13?/m0/s1.